The minimum atomic E-state index is -0.0799. The lowest BCUT2D eigenvalue weighted by Gasteiger charge is -2.06. The summed E-state index contributed by atoms with van der Waals surface area (Å²) in [5.41, 5.74) is 3.84. The number of pyridine rings is 1. The summed E-state index contributed by atoms with van der Waals surface area (Å²) in [4.78, 5) is 16.0. The van der Waals surface area contributed by atoms with Gasteiger partial charge in [0.15, 0.2) is 0 Å². The van der Waals surface area contributed by atoms with Crippen LogP contribution in [0.15, 0.2) is 47.1 Å². The van der Waals surface area contributed by atoms with E-state index in [0.29, 0.717) is 18.2 Å². The normalized spacial score (nSPS) is 10.6. The third-order valence-corrected chi connectivity index (χ3v) is 3.47. The van der Waals surface area contributed by atoms with Gasteiger partial charge in [-0.1, -0.05) is 6.07 Å². The predicted molar refractivity (Wildman–Crippen MR) is 90.4 cm³/mol. The second-order valence-electron chi connectivity index (χ2n) is 5.66. The van der Waals surface area contributed by atoms with Gasteiger partial charge in [0, 0.05) is 36.5 Å². The van der Waals surface area contributed by atoms with Gasteiger partial charge in [0.1, 0.15) is 0 Å². The average molecular weight is 322 g/mol. The van der Waals surface area contributed by atoms with E-state index in [4.69, 9.17) is 4.42 Å². The van der Waals surface area contributed by atoms with Crippen LogP contribution in [-0.4, -0.2) is 21.1 Å². The zero-order valence-corrected chi connectivity index (χ0v) is 13.6. The van der Waals surface area contributed by atoms with E-state index in [2.05, 4.69) is 26.6 Å². The van der Waals surface area contributed by atoms with Gasteiger partial charge >= 0.3 is 0 Å². The number of amides is 1. The standard InChI is InChI=1S/C18H18N4O2/c1-12-9-13(2)11-15(10-12)20-16(23)3-4-17-21-22-18(24-17)14-5-7-19-8-6-14/h5-11H,3-4H2,1-2H3,(H,20,23). The third kappa shape index (κ3) is 4.04. The van der Waals surface area contributed by atoms with Gasteiger partial charge in [-0.05, 0) is 49.2 Å². The molecule has 0 aliphatic carbocycles. The topological polar surface area (TPSA) is 80.9 Å². The van der Waals surface area contributed by atoms with E-state index in [1.807, 2.05) is 26.0 Å². The molecule has 6 heteroatoms. The number of hydrogen-bond acceptors (Lipinski definition) is 5. The van der Waals surface area contributed by atoms with Gasteiger partial charge in [0.2, 0.25) is 17.7 Å². The summed E-state index contributed by atoms with van der Waals surface area (Å²) >= 11 is 0. The van der Waals surface area contributed by atoms with Crippen LogP contribution in [0.2, 0.25) is 0 Å². The van der Waals surface area contributed by atoms with Gasteiger partial charge in [0.05, 0.1) is 0 Å². The van der Waals surface area contributed by atoms with Crippen LogP contribution in [0.4, 0.5) is 5.69 Å². The smallest absolute Gasteiger partial charge is 0.247 e. The molecule has 0 fully saturated rings. The largest absolute Gasteiger partial charge is 0.421 e. The molecule has 1 aromatic carbocycles. The van der Waals surface area contributed by atoms with E-state index in [-0.39, 0.29) is 12.3 Å². The van der Waals surface area contributed by atoms with E-state index in [1.54, 1.807) is 24.5 Å². The van der Waals surface area contributed by atoms with Crippen LogP contribution in [0.25, 0.3) is 11.5 Å². The number of aryl methyl sites for hydroxylation is 3. The minimum Gasteiger partial charge on any atom is -0.421 e. The van der Waals surface area contributed by atoms with Crippen LogP contribution >= 0.6 is 0 Å². The summed E-state index contributed by atoms with van der Waals surface area (Å²) in [6.45, 7) is 4.00. The molecule has 3 aromatic rings. The molecule has 6 nitrogen and oxygen atoms in total. The molecule has 122 valence electrons. The molecule has 1 amide bonds. The first-order valence-electron chi connectivity index (χ1n) is 7.71. The van der Waals surface area contributed by atoms with Crippen LogP contribution in [0.3, 0.4) is 0 Å². The molecule has 1 N–H and O–H groups in total. The van der Waals surface area contributed by atoms with Gasteiger partial charge in [-0.25, -0.2) is 0 Å². The molecule has 3 rings (SSSR count). The number of carbonyl (C=O) groups excluding carboxylic acids is 1. The molecule has 0 atom stereocenters. The molecule has 0 spiro atoms. The zero-order valence-electron chi connectivity index (χ0n) is 13.6. The highest BCUT2D eigenvalue weighted by Crippen LogP contribution is 2.17. The Hall–Kier alpha value is -3.02. The molecule has 0 aliphatic rings. The summed E-state index contributed by atoms with van der Waals surface area (Å²) in [6, 6.07) is 9.54. The van der Waals surface area contributed by atoms with Crippen molar-refractivity contribution in [2.75, 3.05) is 5.32 Å². The Morgan fingerprint density at radius 1 is 1.08 bits per heavy atom. The number of carbonyl (C=O) groups is 1. The summed E-state index contributed by atoms with van der Waals surface area (Å²) in [7, 11) is 0. The molecule has 2 aromatic heterocycles. The van der Waals surface area contributed by atoms with Crippen molar-refractivity contribution in [2.24, 2.45) is 0 Å². The van der Waals surface area contributed by atoms with Crippen LogP contribution in [0, 0.1) is 13.8 Å². The Morgan fingerprint density at radius 3 is 2.50 bits per heavy atom. The molecule has 0 radical (unpaired) electrons. The van der Waals surface area contributed by atoms with E-state index in [9.17, 15) is 4.79 Å². The quantitative estimate of drug-likeness (QED) is 0.779. The summed E-state index contributed by atoms with van der Waals surface area (Å²) in [5, 5.41) is 10.9. The predicted octanol–water partition coefficient (Wildman–Crippen LogP) is 3.32. The Morgan fingerprint density at radius 2 is 1.79 bits per heavy atom. The highest BCUT2D eigenvalue weighted by molar-refractivity contribution is 5.90. The molecule has 0 saturated carbocycles. The van der Waals surface area contributed by atoms with Crippen molar-refractivity contribution in [3.05, 3.63) is 59.7 Å². The number of hydrogen-bond donors (Lipinski definition) is 1. The van der Waals surface area contributed by atoms with E-state index >= 15 is 0 Å². The fourth-order valence-corrected chi connectivity index (χ4v) is 2.46. The van der Waals surface area contributed by atoms with Crippen molar-refractivity contribution in [1.82, 2.24) is 15.2 Å². The summed E-state index contributed by atoms with van der Waals surface area (Å²) in [5.74, 6) is 0.795. The van der Waals surface area contributed by atoms with Crippen molar-refractivity contribution in [1.29, 1.82) is 0 Å². The van der Waals surface area contributed by atoms with Crippen LogP contribution in [0.1, 0.15) is 23.4 Å². The lowest BCUT2D eigenvalue weighted by Crippen LogP contribution is -2.12. The number of nitrogens with zero attached hydrogens (tertiary/aromatic N) is 3. The van der Waals surface area contributed by atoms with Gasteiger partial charge in [0.25, 0.3) is 0 Å². The molecule has 0 saturated heterocycles. The van der Waals surface area contributed by atoms with E-state index in [0.717, 1.165) is 22.4 Å². The van der Waals surface area contributed by atoms with Crippen molar-refractivity contribution in [3.8, 4) is 11.5 Å². The fraction of sp³-hybridized carbons (Fsp3) is 0.222. The maximum absolute atomic E-state index is 12.1. The maximum Gasteiger partial charge on any atom is 0.247 e. The Bertz CT molecular complexity index is 823. The third-order valence-electron chi connectivity index (χ3n) is 3.47. The number of anilines is 1. The minimum absolute atomic E-state index is 0.0799. The lowest BCUT2D eigenvalue weighted by molar-refractivity contribution is -0.116. The Kier molecular flexibility index (Phi) is 4.65. The monoisotopic (exact) mass is 322 g/mol. The summed E-state index contributed by atoms with van der Waals surface area (Å²) < 4.78 is 5.58. The van der Waals surface area contributed by atoms with Crippen LogP contribution in [0.5, 0.6) is 0 Å². The van der Waals surface area contributed by atoms with Crippen molar-refractivity contribution < 1.29 is 9.21 Å². The highest BCUT2D eigenvalue weighted by atomic mass is 16.4. The molecule has 2 heterocycles. The van der Waals surface area contributed by atoms with Gasteiger partial charge in [-0.3, -0.25) is 9.78 Å². The molecule has 0 aliphatic heterocycles. The maximum atomic E-state index is 12.1. The average Bonchev–Trinajstić information content (AvgIpc) is 3.02. The van der Waals surface area contributed by atoms with Crippen molar-refractivity contribution in [2.45, 2.75) is 26.7 Å². The summed E-state index contributed by atoms with van der Waals surface area (Å²) in [6.07, 6.45) is 4.01. The number of benzene rings is 1. The Labute approximate surface area is 140 Å². The molecule has 0 unspecified atom stereocenters. The SMILES string of the molecule is Cc1cc(C)cc(NC(=O)CCc2nnc(-c3ccncc3)o2)c1. The van der Waals surface area contributed by atoms with E-state index in [1.165, 1.54) is 0 Å². The van der Waals surface area contributed by atoms with Crippen molar-refractivity contribution in [3.63, 3.8) is 0 Å². The van der Waals surface area contributed by atoms with Crippen molar-refractivity contribution >= 4 is 11.6 Å². The first-order valence-corrected chi connectivity index (χ1v) is 7.71. The fourth-order valence-electron chi connectivity index (χ4n) is 2.46. The second-order valence-corrected chi connectivity index (χ2v) is 5.66. The van der Waals surface area contributed by atoms with Crippen LogP contribution < -0.4 is 5.32 Å². The molecule has 0 bridgehead atoms. The number of nitrogens with one attached hydrogen (secondary N) is 1. The molecule has 24 heavy (non-hydrogen) atoms. The molecular weight excluding hydrogens is 304 g/mol. The molecular formula is C18H18N4O2. The Balaban J connectivity index is 1.58. The lowest BCUT2D eigenvalue weighted by atomic mass is 10.1. The first kappa shape index (κ1) is 15.9. The number of aromatic nitrogens is 3. The zero-order chi connectivity index (χ0) is 16.9. The first-order chi connectivity index (χ1) is 11.6. The van der Waals surface area contributed by atoms with Gasteiger partial charge in [-0.2, -0.15) is 0 Å². The van der Waals surface area contributed by atoms with Gasteiger partial charge < -0.3 is 9.73 Å². The van der Waals surface area contributed by atoms with Gasteiger partial charge in [-0.15, -0.1) is 10.2 Å². The second kappa shape index (κ2) is 7.04. The highest BCUT2D eigenvalue weighted by Gasteiger charge is 2.11. The van der Waals surface area contributed by atoms with E-state index < -0.39 is 0 Å². The van der Waals surface area contributed by atoms with Crippen LogP contribution in [-0.2, 0) is 11.2 Å². The number of rotatable bonds is 5.